The topological polar surface area (TPSA) is 12.0 Å². The van der Waals surface area contributed by atoms with Crippen LogP contribution in [-0.4, -0.2) is 6.54 Å². The summed E-state index contributed by atoms with van der Waals surface area (Å²) in [6, 6.07) is 6.77. The van der Waals surface area contributed by atoms with Gasteiger partial charge in [-0.2, -0.15) is 0 Å². The zero-order valence-corrected chi connectivity index (χ0v) is 11.6. The molecule has 94 valence electrons. The molecule has 1 aromatic rings. The van der Waals surface area contributed by atoms with Crippen molar-refractivity contribution in [1.82, 2.24) is 5.32 Å². The highest BCUT2D eigenvalue weighted by Crippen LogP contribution is 2.35. The maximum atomic E-state index is 6.02. The Morgan fingerprint density at radius 3 is 2.71 bits per heavy atom. The fraction of sp³-hybridized carbons (Fsp3) is 0.600. The van der Waals surface area contributed by atoms with Crippen molar-refractivity contribution in [1.29, 1.82) is 0 Å². The van der Waals surface area contributed by atoms with Crippen molar-refractivity contribution in [3.63, 3.8) is 0 Å². The Morgan fingerprint density at radius 2 is 2.18 bits per heavy atom. The molecule has 1 aromatic carbocycles. The van der Waals surface area contributed by atoms with Gasteiger partial charge in [0.1, 0.15) is 0 Å². The molecule has 1 saturated carbocycles. The Kier molecular flexibility index (Phi) is 4.47. The highest BCUT2D eigenvalue weighted by molar-refractivity contribution is 6.30. The molecule has 0 spiro atoms. The number of hydrogen-bond donors (Lipinski definition) is 1. The first-order valence-electron chi connectivity index (χ1n) is 6.70. The van der Waals surface area contributed by atoms with Gasteiger partial charge in [-0.3, -0.25) is 0 Å². The van der Waals surface area contributed by atoms with Gasteiger partial charge in [0.15, 0.2) is 0 Å². The van der Waals surface area contributed by atoms with Crippen molar-refractivity contribution in [3.8, 4) is 0 Å². The number of halogens is 1. The first kappa shape index (κ1) is 12.9. The average Bonchev–Trinajstić information content (AvgIpc) is 2.22. The molecular formula is C15H22ClN. The third-order valence-corrected chi connectivity index (χ3v) is 4.09. The van der Waals surface area contributed by atoms with E-state index in [4.69, 9.17) is 11.6 Å². The van der Waals surface area contributed by atoms with Gasteiger partial charge in [0, 0.05) is 11.1 Å². The lowest BCUT2D eigenvalue weighted by Gasteiger charge is -2.31. The third-order valence-electron chi connectivity index (χ3n) is 3.85. The maximum absolute atomic E-state index is 6.02. The van der Waals surface area contributed by atoms with Crippen molar-refractivity contribution < 1.29 is 0 Å². The van der Waals surface area contributed by atoms with Gasteiger partial charge in [0.05, 0.1) is 0 Å². The third kappa shape index (κ3) is 3.23. The minimum atomic E-state index is 0.502. The zero-order valence-electron chi connectivity index (χ0n) is 10.8. The summed E-state index contributed by atoms with van der Waals surface area (Å²) in [6.07, 6.45) is 5.52. The molecule has 17 heavy (non-hydrogen) atoms. The molecule has 2 heteroatoms. The molecule has 0 saturated heterocycles. The van der Waals surface area contributed by atoms with Crippen LogP contribution in [0.5, 0.6) is 0 Å². The number of benzene rings is 1. The average molecular weight is 252 g/mol. The predicted octanol–water partition coefficient (Wildman–Crippen LogP) is 4.49. The van der Waals surface area contributed by atoms with E-state index in [1.165, 1.54) is 36.8 Å². The van der Waals surface area contributed by atoms with E-state index in [9.17, 15) is 0 Å². The van der Waals surface area contributed by atoms with E-state index >= 15 is 0 Å². The highest BCUT2D eigenvalue weighted by Gasteiger charge is 2.23. The molecule has 0 amide bonds. The largest absolute Gasteiger partial charge is 0.310 e. The summed E-state index contributed by atoms with van der Waals surface area (Å²) in [6.45, 7) is 5.37. The molecule has 1 atom stereocenters. The fourth-order valence-corrected chi connectivity index (χ4v) is 2.89. The predicted molar refractivity (Wildman–Crippen MR) is 74.6 cm³/mol. The van der Waals surface area contributed by atoms with Gasteiger partial charge in [0.25, 0.3) is 0 Å². The molecule has 0 heterocycles. The van der Waals surface area contributed by atoms with Crippen LogP contribution in [-0.2, 0) is 0 Å². The number of rotatable bonds is 5. The van der Waals surface area contributed by atoms with Gasteiger partial charge < -0.3 is 5.32 Å². The van der Waals surface area contributed by atoms with Gasteiger partial charge in [-0.25, -0.2) is 0 Å². The van der Waals surface area contributed by atoms with E-state index < -0.39 is 0 Å². The molecule has 1 fully saturated rings. The second-order valence-corrected chi connectivity index (χ2v) is 5.58. The summed E-state index contributed by atoms with van der Waals surface area (Å²) in [5.41, 5.74) is 2.73. The Balaban J connectivity index is 2.12. The molecule has 1 N–H and O–H groups in total. The van der Waals surface area contributed by atoms with E-state index in [1.807, 2.05) is 6.07 Å². The molecular weight excluding hydrogens is 230 g/mol. The molecule has 0 radical (unpaired) electrons. The lowest BCUT2D eigenvalue weighted by molar-refractivity contribution is 0.262. The molecule has 1 aliphatic rings. The van der Waals surface area contributed by atoms with Gasteiger partial charge in [-0.15, -0.1) is 0 Å². The second kappa shape index (κ2) is 5.88. The monoisotopic (exact) mass is 251 g/mol. The fourth-order valence-electron chi connectivity index (χ4n) is 2.66. The van der Waals surface area contributed by atoms with Gasteiger partial charge in [-0.1, -0.05) is 43.9 Å². The molecule has 1 nitrogen and oxygen atoms in total. The maximum Gasteiger partial charge on any atom is 0.0408 e. The Labute approximate surface area is 110 Å². The van der Waals surface area contributed by atoms with E-state index in [1.54, 1.807) is 0 Å². The van der Waals surface area contributed by atoms with Crippen LogP contribution < -0.4 is 5.32 Å². The van der Waals surface area contributed by atoms with Crippen LogP contribution in [0.25, 0.3) is 0 Å². The number of aryl methyl sites for hydroxylation is 1. The minimum absolute atomic E-state index is 0.502. The summed E-state index contributed by atoms with van der Waals surface area (Å²) in [4.78, 5) is 0. The van der Waals surface area contributed by atoms with E-state index in [2.05, 4.69) is 31.3 Å². The quantitative estimate of drug-likeness (QED) is 0.813. The van der Waals surface area contributed by atoms with Crippen LogP contribution >= 0.6 is 11.6 Å². The van der Waals surface area contributed by atoms with Gasteiger partial charge in [0.2, 0.25) is 0 Å². The summed E-state index contributed by atoms with van der Waals surface area (Å²) in [5, 5.41) is 4.45. The smallest absolute Gasteiger partial charge is 0.0408 e. The Hall–Kier alpha value is -0.530. The summed E-state index contributed by atoms with van der Waals surface area (Å²) >= 11 is 6.02. The van der Waals surface area contributed by atoms with Crippen molar-refractivity contribution in [2.75, 3.05) is 6.54 Å². The first-order valence-corrected chi connectivity index (χ1v) is 7.08. The lowest BCUT2D eigenvalue weighted by atomic mass is 9.79. The molecule has 0 aromatic heterocycles. The Bertz CT molecular complexity index is 371. The zero-order chi connectivity index (χ0) is 12.3. The minimum Gasteiger partial charge on any atom is -0.310 e. The van der Waals surface area contributed by atoms with Crippen molar-refractivity contribution in [2.24, 2.45) is 5.92 Å². The second-order valence-electron chi connectivity index (χ2n) is 5.14. The van der Waals surface area contributed by atoms with Crippen LogP contribution in [0.1, 0.15) is 49.8 Å². The van der Waals surface area contributed by atoms with Crippen molar-refractivity contribution >= 4 is 11.6 Å². The molecule has 1 unspecified atom stereocenters. The van der Waals surface area contributed by atoms with Gasteiger partial charge >= 0.3 is 0 Å². The van der Waals surface area contributed by atoms with Crippen LogP contribution in [0.4, 0.5) is 0 Å². The SMILES string of the molecule is CCNC(CC1CCC1)c1ccc(Cl)cc1C. The summed E-state index contributed by atoms with van der Waals surface area (Å²) in [7, 11) is 0. The number of hydrogen-bond acceptors (Lipinski definition) is 1. The molecule has 0 bridgehead atoms. The molecule has 1 aliphatic carbocycles. The van der Waals surface area contributed by atoms with Crippen LogP contribution in [0.2, 0.25) is 5.02 Å². The van der Waals surface area contributed by atoms with Crippen LogP contribution in [0.3, 0.4) is 0 Å². The lowest BCUT2D eigenvalue weighted by Crippen LogP contribution is -2.26. The van der Waals surface area contributed by atoms with Gasteiger partial charge in [-0.05, 0) is 49.1 Å². The highest BCUT2D eigenvalue weighted by atomic mass is 35.5. The van der Waals surface area contributed by atoms with Crippen molar-refractivity contribution in [3.05, 3.63) is 34.3 Å². The Morgan fingerprint density at radius 1 is 1.41 bits per heavy atom. The molecule has 0 aliphatic heterocycles. The van der Waals surface area contributed by atoms with E-state index in [0.29, 0.717) is 6.04 Å². The van der Waals surface area contributed by atoms with Crippen LogP contribution in [0, 0.1) is 12.8 Å². The van der Waals surface area contributed by atoms with E-state index in [-0.39, 0.29) is 0 Å². The van der Waals surface area contributed by atoms with Crippen molar-refractivity contribution in [2.45, 2.75) is 45.6 Å². The van der Waals surface area contributed by atoms with Crippen LogP contribution in [0.15, 0.2) is 18.2 Å². The summed E-state index contributed by atoms with van der Waals surface area (Å²) < 4.78 is 0. The summed E-state index contributed by atoms with van der Waals surface area (Å²) in [5.74, 6) is 0.925. The van der Waals surface area contributed by atoms with E-state index in [0.717, 1.165) is 17.5 Å². The normalized spacial score (nSPS) is 17.8. The molecule has 2 rings (SSSR count). The number of nitrogens with one attached hydrogen (secondary N) is 1. The first-order chi connectivity index (χ1) is 8.20. The standard InChI is InChI=1S/C15H22ClN/c1-3-17-15(10-12-5-4-6-12)14-8-7-13(16)9-11(14)2/h7-9,12,15,17H,3-6,10H2,1-2H3.